The molecule has 2 N–H and O–H groups in total. The summed E-state index contributed by atoms with van der Waals surface area (Å²) in [5.74, 6) is 0. The molecule has 0 amide bonds. The van der Waals surface area contributed by atoms with Crippen LogP contribution in [0.4, 0.5) is 0 Å². The lowest BCUT2D eigenvalue weighted by atomic mass is 10.1. The van der Waals surface area contributed by atoms with Gasteiger partial charge in [0, 0.05) is 25.4 Å². The van der Waals surface area contributed by atoms with E-state index >= 15 is 0 Å². The zero-order valence-corrected chi connectivity index (χ0v) is 13.0. The molecule has 0 radical (unpaired) electrons. The highest BCUT2D eigenvalue weighted by molar-refractivity contribution is 7.90. The molecule has 0 aliphatic heterocycles. The molecule has 0 heterocycles. The molecule has 2 unspecified atom stereocenters. The minimum absolute atomic E-state index is 0.153. The molecule has 0 saturated carbocycles. The summed E-state index contributed by atoms with van der Waals surface area (Å²) < 4.78 is 28.0. The molecule has 0 saturated heterocycles. The van der Waals surface area contributed by atoms with Gasteiger partial charge < -0.3 is 15.2 Å². The number of nitrogens with one attached hydrogen (secondary N) is 1. The average Bonchev–Trinajstić information content (AvgIpc) is 2.41. The summed E-state index contributed by atoms with van der Waals surface area (Å²) in [5, 5.41) is 13.2. The maximum Gasteiger partial charge on any atom is 0.175 e. The van der Waals surface area contributed by atoms with Crippen LogP contribution >= 0.6 is 0 Å². The lowest BCUT2D eigenvalue weighted by molar-refractivity contribution is 0.116. The smallest absolute Gasteiger partial charge is 0.175 e. The number of hydrogen-bond acceptors (Lipinski definition) is 5. The quantitative estimate of drug-likeness (QED) is 0.753. The molecule has 0 fully saturated rings. The van der Waals surface area contributed by atoms with E-state index in [9.17, 15) is 13.5 Å². The summed E-state index contributed by atoms with van der Waals surface area (Å²) in [6.07, 6.45) is 0.489. The van der Waals surface area contributed by atoms with E-state index in [1.54, 1.807) is 12.1 Å². The zero-order valence-electron chi connectivity index (χ0n) is 12.2. The normalized spacial score (nSPS) is 15.0. The highest BCUT2D eigenvalue weighted by Gasteiger charge is 2.11. The van der Waals surface area contributed by atoms with Gasteiger partial charge in [-0.1, -0.05) is 12.1 Å². The maximum absolute atomic E-state index is 11.3. The van der Waals surface area contributed by atoms with Gasteiger partial charge in [-0.05, 0) is 31.5 Å². The molecular weight excluding hydrogens is 278 g/mol. The summed E-state index contributed by atoms with van der Waals surface area (Å²) in [6, 6.07) is 6.45. The Balaban J connectivity index is 2.54. The predicted molar refractivity (Wildman–Crippen MR) is 78.5 cm³/mol. The minimum atomic E-state index is -3.20. The average molecular weight is 301 g/mol. The van der Waals surface area contributed by atoms with Crippen molar-refractivity contribution in [1.29, 1.82) is 0 Å². The summed E-state index contributed by atoms with van der Waals surface area (Å²) in [4.78, 5) is 0.256. The second-order valence-electron chi connectivity index (χ2n) is 4.83. The Kier molecular flexibility index (Phi) is 6.61. The van der Waals surface area contributed by atoms with Crippen LogP contribution in [0.2, 0.25) is 0 Å². The fourth-order valence-corrected chi connectivity index (χ4v) is 2.35. The second kappa shape index (κ2) is 7.73. The van der Waals surface area contributed by atoms with Crippen molar-refractivity contribution in [3.63, 3.8) is 0 Å². The molecule has 1 aromatic carbocycles. The van der Waals surface area contributed by atoms with Gasteiger partial charge in [-0.15, -0.1) is 0 Å². The molecule has 20 heavy (non-hydrogen) atoms. The first-order chi connectivity index (χ1) is 9.34. The van der Waals surface area contributed by atoms with Crippen LogP contribution in [-0.2, 0) is 14.6 Å². The van der Waals surface area contributed by atoms with Crippen LogP contribution in [0.1, 0.15) is 25.5 Å². The Morgan fingerprint density at radius 1 is 1.30 bits per heavy atom. The minimum Gasteiger partial charge on any atom is -0.387 e. The third-order valence-corrected chi connectivity index (χ3v) is 4.05. The van der Waals surface area contributed by atoms with Crippen LogP contribution in [0.5, 0.6) is 0 Å². The van der Waals surface area contributed by atoms with Crippen molar-refractivity contribution < 1.29 is 18.3 Å². The predicted octanol–water partition coefficient (Wildman–Crippen LogP) is 1.14. The third kappa shape index (κ3) is 5.58. The van der Waals surface area contributed by atoms with Crippen molar-refractivity contribution in [2.24, 2.45) is 0 Å². The van der Waals surface area contributed by atoms with Gasteiger partial charge in [-0.2, -0.15) is 0 Å². The van der Waals surface area contributed by atoms with Gasteiger partial charge in [0.25, 0.3) is 0 Å². The first kappa shape index (κ1) is 17.1. The summed E-state index contributed by atoms with van der Waals surface area (Å²) in [5.41, 5.74) is 0.688. The topological polar surface area (TPSA) is 75.6 Å². The number of aliphatic hydroxyl groups excluding tert-OH is 1. The fourth-order valence-electron chi connectivity index (χ4n) is 1.72. The Hall–Kier alpha value is -0.950. The van der Waals surface area contributed by atoms with Crippen molar-refractivity contribution in [2.75, 3.05) is 26.0 Å². The molecule has 1 aromatic rings. The number of hydrogen-bond donors (Lipinski definition) is 2. The van der Waals surface area contributed by atoms with Gasteiger partial charge in [-0.25, -0.2) is 8.42 Å². The van der Waals surface area contributed by atoms with Crippen molar-refractivity contribution in [3.05, 3.63) is 29.8 Å². The summed E-state index contributed by atoms with van der Waals surface area (Å²) in [7, 11) is -3.20. The van der Waals surface area contributed by atoms with Gasteiger partial charge in [-0.3, -0.25) is 0 Å². The van der Waals surface area contributed by atoms with E-state index in [1.165, 1.54) is 12.1 Å². The monoisotopic (exact) mass is 301 g/mol. The van der Waals surface area contributed by atoms with Crippen molar-refractivity contribution in [2.45, 2.75) is 30.9 Å². The van der Waals surface area contributed by atoms with Crippen LogP contribution in [-0.4, -0.2) is 45.6 Å². The van der Waals surface area contributed by atoms with E-state index in [0.29, 0.717) is 25.3 Å². The SMILES string of the molecule is CCOCC(C)NCC(O)c1ccc(S(C)(=O)=O)cc1. The van der Waals surface area contributed by atoms with Gasteiger partial charge in [0.1, 0.15) is 0 Å². The number of sulfone groups is 1. The molecule has 6 heteroatoms. The highest BCUT2D eigenvalue weighted by atomic mass is 32.2. The van der Waals surface area contributed by atoms with Crippen LogP contribution in [0.25, 0.3) is 0 Å². The Morgan fingerprint density at radius 2 is 1.90 bits per heavy atom. The van der Waals surface area contributed by atoms with Crippen molar-refractivity contribution in [3.8, 4) is 0 Å². The zero-order chi connectivity index (χ0) is 15.2. The highest BCUT2D eigenvalue weighted by Crippen LogP contribution is 2.16. The Bertz CT molecular complexity index is 498. The molecule has 0 spiro atoms. The van der Waals surface area contributed by atoms with E-state index < -0.39 is 15.9 Å². The van der Waals surface area contributed by atoms with Gasteiger partial charge in [0.2, 0.25) is 0 Å². The standard InChI is InChI=1S/C14H23NO4S/c1-4-19-10-11(2)15-9-14(16)12-5-7-13(8-6-12)20(3,17)18/h5-8,11,14-16H,4,9-10H2,1-3H3. The number of ether oxygens (including phenoxy) is 1. The van der Waals surface area contributed by atoms with E-state index in [2.05, 4.69) is 5.32 Å². The van der Waals surface area contributed by atoms with Crippen LogP contribution in [0, 0.1) is 0 Å². The summed E-state index contributed by atoms with van der Waals surface area (Å²) >= 11 is 0. The van der Waals surface area contributed by atoms with E-state index in [0.717, 1.165) is 6.26 Å². The summed E-state index contributed by atoms with van der Waals surface area (Å²) in [6.45, 7) is 5.57. The van der Waals surface area contributed by atoms with E-state index in [1.807, 2.05) is 13.8 Å². The Labute approximate surface area is 120 Å². The molecular formula is C14H23NO4S. The number of benzene rings is 1. The van der Waals surface area contributed by atoms with Gasteiger partial charge in [0.05, 0.1) is 17.6 Å². The molecule has 2 atom stereocenters. The lowest BCUT2D eigenvalue weighted by Gasteiger charge is -2.17. The first-order valence-electron chi connectivity index (χ1n) is 6.63. The molecule has 1 rings (SSSR count). The number of rotatable bonds is 8. The van der Waals surface area contributed by atoms with E-state index in [-0.39, 0.29) is 10.9 Å². The fraction of sp³-hybridized carbons (Fsp3) is 0.571. The number of aliphatic hydroxyl groups is 1. The molecule has 5 nitrogen and oxygen atoms in total. The van der Waals surface area contributed by atoms with Crippen LogP contribution in [0.15, 0.2) is 29.2 Å². The maximum atomic E-state index is 11.3. The molecule has 114 valence electrons. The molecule has 0 aliphatic carbocycles. The van der Waals surface area contributed by atoms with Crippen LogP contribution in [0.3, 0.4) is 0 Å². The van der Waals surface area contributed by atoms with Gasteiger partial charge >= 0.3 is 0 Å². The van der Waals surface area contributed by atoms with Crippen LogP contribution < -0.4 is 5.32 Å². The molecule has 0 bridgehead atoms. The largest absolute Gasteiger partial charge is 0.387 e. The van der Waals surface area contributed by atoms with Crippen molar-refractivity contribution in [1.82, 2.24) is 5.32 Å². The third-order valence-electron chi connectivity index (χ3n) is 2.92. The molecule has 0 aliphatic rings. The van der Waals surface area contributed by atoms with Crippen molar-refractivity contribution >= 4 is 9.84 Å². The lowest BCUT2D eigenvalue weighted by Crippen LogP contribution is -2.33. The van der Waals surface area contributed by atoms with Gasteiger partial charge in [0.15, 0.2) is 9.84 Å². The van der Waals surface area contributed by atoms with E-state index in [4.69, 9.17) is 4.74 Å². The Morgan fingerprint density at radius 3 is 2.40 bits per heavy atom. The second-order valence-corrected chi connectivity index (χ2v) is 6.84. The first-order valence-corrected chi connectivity index (χ1v) is 8.53. The molecule has 0 aromatic heterocycles.